The van der Waals surface area contributed by atoms with E-state index in [9.17, 15) is 13.2 Å². The van der Waals surface area contributed by atoms with Crippen LogP contribution < -0.4 is 10.6 Å². The van der Waals surface area contributed by atoms with Gasteiger partial charge in [0, 0.05) is 25.3 Å². The van der Waals surface area contributed by atoms with Crippen molar-refractivity contribution in [3.63, 3.8) is 0 Å². The Morgan fingerprint density at radius 2 is 2.06 bits per heavy atom. The number of hydrogen-bond acceptors (Lipinski definition) is 3. The van der Waals surface area contributed by atoms with E-state index in [4.69, 9.17) is 5.73 Å². The summed E-state index contributed by atoms with van der Waals surface area (Å²) in [4.78, 5) is 5.39. The number of pyridine rings is 1. The van der Waals surface area contributed by atoms with Gasteiger partial charge in [0.05, 0.1) is 5.56 Å². The van der Waals surface area contributed by atoms with E-state index < -0.39 is 11.7 Å². The molecule has 0 aliphatic carbocycles. The topological polar surface area (TPSA) is 42.1 Å². The number of nitrogens with two attached hydrogens (primary N) is 1. The van der Waals surface area contributed by atoms with Crippen LogP contribution in [0.25, 0.3) is 0 Å². The number of alkyl halides is 3. The number of rotatable bonds is 4. The van der Waals surface area contributed by atoms with Gasteiger partial charge in [-0.15, -0.1) is 0 Å². The average Bonchev–Trinajstić information content (AvgIpc) is 2.24. The predicted octanol–water partition coefficient (Wildman–Crippen LogP) is 2.27. The summed E-state index contributed by atoms with van der Waals surface area (Å²) in [5.41, 5.74) is 4.69. The summed E-state index contributed by atoms with van der Waals surface area (Å²) in [7, 11) is 0. The highest BCUT2D eigenvalue weighted by Crippen LogP contribution is 2.35. The van der Waals surface area contributed by atoms with Gasteiger partial charge >= 0.3 is 6.18 Å². The summed E-state index contributed by atoms with van der Waals surface area (Å²) in [6, 6.07) is 2.23. The lowest BCUT2D eigenvalue weighted by Gasteiger charge is -2.29. The Hall–Kier alpha value is -1.30. The van der Waals surface area contributed by atoms with Crippen LogP contribution in [0.1, 0.15) is 19.4 Å². The van der Waals surface area contributed by atoms with Crippen LogP contribution in [0.2, 0.25) is 0 Å². The highest BCUT2D eigenvalue weighted by Gasteiger charge is 2.35. The number of aromatic nitrogens is 1. The fourth-order valence-electron chi connectivity index (χ4n) is 1.59. The molecule has 0 atom stereocenters. The van der Waals surface area contributed by atoms with Crippen molar-refractivity contribution in [3.8, 4) is 0 Å². The molecule has 0 aliphatic heterocycles. The van der Waals surface area contributed by atoms with Gasteiger partial charge in [-0.1, -0.05) is 0 Å². The fraction of sp³-hybridized carbons (Fsp3) is 0.545. The molecule has 0 spiro atoms. The van der Waals surface area contributed by atoms with Crippen LogP contribution in [0.3, 0.4) is 0 Å². The monoisotopic (exact) mass is 247 g/mol. The Bertz CT molecular complexity index is 363. The molecule has 1 rings (SSSR count). The first-order valence-electron chi connectivity index (χ1n) is 5.37. The molecule has 0 amide bonds. The molecule has 0 radical (unpaired) electrons. The van der Waals surface area contributed by atoms with Gasteiger partial charge in [-0.25, -0.2) is 4.98 Å². The van der Waals surface area contributed by atoms with Gasteiger partial charge < -0.3 is 10.6 Å². The summed E-state index contributed by atoms with van der Waals surface area (Å²) in [6.07, 6.45) is -3.04. The van der Waals surface area contributed by atoms with Crippen LogP contribution in [0, 0.1) is 0 Å². The van der Waals surface area contributed by atoms with Crippen LogP contribution in [-0.4, -0.2) is 24.1 Å². The van der Waals surface area contributed by atoms with Crippen molar-refractivity contribution in [3.05, 3.63) is 23.9 Å². The molecule has 2 N–H and O–H groups in total. The lowest BCUT2D eigenvalue weighted by molar-refractivity contribution is -0.137. The number of halogens is 3. The Labute approximate surface area is 98.4 Å². The van der Waals surface area contributed by atoms with E-state index >= 15 is 0 Å². The molecular formula is C11H16F3N3. The normalized spacial score (nSPS) is 11.9. The Balaban J connectivity index is 3.19. The number of anilines is 1. The molecule has 0 fully saturated rings. The first kappa shape index (κ1) is 13.8. The zero-order valence-corrected chi connectivity index (χ0v) is 9.83. The zero-order valence-electron chi connectivity index (χ0n) is 9.83. The third kappa shape index (κ3) is 3.33. The van der Waals surface area contributed by atoms with Crippen molar-refractivity contribution in [2.75, 3.05) is 18.0 Å². The van der Waals surface area contributed by atoms with Gasteiger partial charge in [0.25, 0.3) is 0 Å². The summed E-state index contributed by atoms with van der Waals surface area (Å²) in [5.74, 6) is -0.0551. The summed E-state index contributed by atoms with van der Waals surface area (Å²) in [6.45, 7) is 4.25. The first-order valence-corrected chi connectivity index (χ1v) is 5.37. The number of hydrogen-bond donors (Lipinski definition) is 1. The smallest absolute Gasteiger partial charge is 0.352 e. The van der Waals surface area contributed by atoms with E-state index in [1.54, 1.807) is 4.90 Å². The van der Waals surface area contributed by atoms with Crippen molar-refractivity contribution in [1.82, 2.24) is 4.98 Å². The maximum absolute atomic E-state index is 12.8. The van der Waals surface area contributed by atoms with Crippen LogP contribution in [0.15, 0.2) is 18.3 Å². The fourth-order valence-corrected chi connectivity index (χ4v) is 1.59. The largest absolute Gasteiger partial charge is 0.419 e. The third-order valence-corrected chi connectivity index (χ3v) is 2.36. The Morgan fingerprint density at radius 3 is 2.53 bits per heavy atom. The molecular weight excluding hydrogens is 231 g/mol. The standard InChI is InChI=1S/C11H16F3N3/c1-8(2)17(7-5-15)10-9(11(12,13)14)4-3-6-16-10/h3-4,6,8H,5,7,15H2,1-2H3. The summed E-state index contributed by atoms with van der Waals surface area (Å²) < 4.78 is 38.4. The van der Waals surface area contributed by atoms with Gasteiger partial charge in [0.1, 0.15) is 5.82 Å². The van der Waals surface area contributed by atoms with Gasteiger partial charge in [-0.2, -0.15) is 13.2 Å². The molecule has 96 valence electrons. The van der Waals surface area contributed by atoms with Crippen LogP contribution >= 0.6 is 0 Å². The van der Waals surface area contributed by atoms with Crippen molar-refractivity contribution >= 4 is 5.82 Å². The zero-order chi connectivity index (χ0) is 13.1. The molecule has 1 aromatic heterocycles. The van der Waals surface area contributed by atoms with Gasteiger partial charge in [-0.05, 0) is 26.0 Å². The molecule has 0 aliphatic rings. The highest BCUT2D eigenvalue weighted by atomic mass is 19.4. The van der Waals surface area contributed by atoms with E-state index in [2.05, 4.69) is 4.98 Å². The molecule has 0 bridgehead atoms. The van der Waals surface area contributed by atoms with Crippen molar-refractivity contribution in [2.45, 2.75) is 26.1 Å². The quantitative estimate of drug-likeness (QED) is 0.887. The summed E-state index contributed by atoms with van der Waals surface area (Å²) >= 11 is 0. The van der Waals surface area contributed by atoms with Crippen LogP contribution in [-0.2, 0) is 6.18 Å². The minimum absolute atomic E-state index is 0.0551. The van der Waals surface area contributed by atoms with E-state index in [-0.39, 0.29) is 18.4 Å². The second-order valence-corrected chi connectivity index (χ2v) is 3.95. The first-order chi connectivity index (χ1) is 7.88. The molecule has 0 aromatic carbocycles. The summed E-state index contributed by atoms with van der Waals surface area (Å²) in [5, 5.41) is 0. The van der Waals surface area contributed by atoms with Gasteiger partial charge in [0.15, 0.2) is 0 Å². The van der Waals surface area contributed by atoms with Crippen molar-refractivity contribution in [2.24, 2.45) is 5.73 Å². The van der Waals surface area contributed by atoms with Crippen LogP contribution in [0.4, 0.5) is 19.0 Å². The lowest BCUT2D eigenvalue weighted by Crippen LogP contribution is -2.37. The Kier molecular flexibility index (Phi) is 4.34. The minimum atomic E-state index is -4.40. The SMILES string of the molecule is CC(C)N(CCN)c1ncccc1C(F)(F)F. The highest BCUT2D eigenvalue weighted by molar-refractivity contribution is 5.49. The average molecular weight is 247 g/mol. The minimum Gasteiger partial charge on any atom is -0.352 e. The molecule has 1 heterocycles. The van der Waals surface area contributed by atoms with E-state index in [0.717, 1.165) is 6.07 Å². The number of nitrogens with zero attached hydrogens (tertiary/aromatic N) is 2. The molecule has 17 heavy (non-hydrogen) atoms. The lowest BCUT2D eigenvalue weighted by atomic mass is 10.2. The van der Waals surface area contributed by atoms with Gasteiger partial charge in [0.2, 0.25) is 0 Å². The second-order valence-electron chi connectivity index (χ2n) is 3.95. The molecule has 0 unspecified atom stereocenters. The van der Waals surface area contributed by atoms with E-state index in [1.807, 2.05) is 13.8 Å². The molecule has 3 nitrogen and oxygen atoms in total. The molecule has 6 heteroatoms. The van der Waals surface area contributed by atoms with Crippen molar-refractivity contribution < 1.29 is 13.2 Å². The van der Waals surface area contributed by atoms with Gasteiger partial charge in [-0.3, -0.25) is 0 Å². The van der Waals surface area contributed by atoms with Crippen LogP contribution in [0.5, 0.6) is 0 Å². The predicted molar refractivity (Wildman–Crippen MR) is 60.8 cm³/mol. The molecule has 1 aromatic rings. The molecule has 0 saturated heterocycles. The maximum Gasteiger partial charge on any atom is 0.419 e. The van der Waals surface area contributed by atoms with E-state index in [0.29, 0.717) is 6.54 Å². The van der Waals surface area contributed by atoms with E-state index in [1.165, 1.54) is 12.3 Å². The second kappa shape index (κ2) is 5.35. The van der Waals surface area contributed by atoms with Crippen molar-refractivity contribution in [1.29, 1.82) is 0 Å². The maximum atomic E-state index is 12.8. The Morgan fingerprint density at radius 1 is 1.41 bits per heavy atom. The third-order valence-electron chi connectivity index (χ3n) is 2.36. The molecule has 0 saturated carbocycles.